The number of methoxy groups -OCH3 is 1. The van der Waals surface area contributed by atoms with Gasteiger partial charge in [-0.2, -0.15) is 0 Å². The largest absolute Gasteiger partial charge is 0.493 e. The Bertz CT molecular complexity index is 669. The summed E-state index contributed by atoms with van der Waals surface area (Å²) in [5, 5.41) is 10.7. The third kappa shape index (κ3) is 3.56. The third-order valence-corrected chi connectivity index (χ3v) is 2.84. The fourth-order valence-corrected chi connectivity index (χ4v) is 1.80. The number of nitrogens with zero attached hydrogens (tertiary/aromatic N) is 1. The zero-order valence-corrected chi connectivity index (χ0v) is 11.3. The number of nitro groups is 1. The molecule has 0 saturated heterocycles. The average molecular weight is 287 g/mol. The van der Waals surface area contributed by atoms with Crippen LogP contribution in [0.3, 0.4) is 0 Å². The van der Waals surface area contributed by atoms with Crippen LogP contribution >= 0.6 is 0 Å². The van der Waals surface area contributed by atoms with Crippen LogP contribution in [0.4, 0.5) is 5.69 Å². The molecule has 2 aromatic carbocycles. The van der Waals surface area contributed by atoms with E-state index in [2.05, 4.69) is 0 Å². The number of ether oxygens (including phenoxy) is 2. The van der Waals surface area contributed by atoms with Crippen LogP contribution in [0.2, 0.25) is 0 Å². The minimum Gasteiger partial charge on any atom is -0.493 e. The summed E-state index contributed by atoms with van der Waals surface area (Å²) in [6, 6.07) is 11.0. The van der Waals surface area contributed by atoms with Crippen LogP contribution in [0, 0.1) is 10.1 Å². The van der Waals surface area contributed by atoms with E-state index in [0.29, 0.717) is 28.9 Å². The van der Waals surface area contributed by atoms with Crippen LogP contribution in [-0.2, 0) is 6.61 Å². The van der Waals surface area contributed by atoms with Crippen molar-refractivity contribution in [1.82, 2.24) is 0 Å². The molecule has 0 aliphatic carbocycles. The molecule has 21 heavy (non-hydrogen) atoms. The highest BCUT2D eigenvalue weighted by atomic mass is 16.6. The summed E-state index contributed by atoms with van der Waals surface area (Å²) in [5.74, 6) is 0.902. The normalized spacial score (nSPS) is 9.95. The highest BCUT2D eigenvalue weighted by Gasteiger charge is 2.09. The molecule has 108 valence electrons. The lowest BCUT2D eigenvalue weighted by molar-refractivity contribution is -0.384. The van der Waals surface area contributed by atoms with Gasteiger partial charge in [0.2, 0.25) is 0 Å². The number of non-ortho nitro benzene ring substituents is 1. The van der Waals surface area contributed by atoms with E-state index in [-0.39, 0.29) is 12.3 Å². The van der Waals surface area contributed by atoms with Gasteiger partial charge in [-0.15, -0.1) is 0 Å². The highest BCUT2D eigenvalue weighted by molar-refractivity contribution is 5.76. The van der Waals surface area contributed by atoms with Crippen molar-refractivity contribution in [1.29, 1.82) is 0 Å². The number of benzene rings is 2. The standard InChI is InChI=1S/C15H13NO5/c1-20-14-6-5-11(9-17)8-15(14)21-10-12-3-2-4-13(7-12)16(18)19/h2-9H,10H2,1H3. The van der Waals surface area contributed by atoms with Crippen molar-refractivity contribution in [3.05, 3.63) is 63.7 Å². The van der Waals surface area contributed by atoms with Crippen molar-refractivity contribution in [2.45, 2.75) is 6.61 Å². The molecule has 0 spiro atoms. The predicted octanol–water partition coefficient (Wildman–Crippen LogP) is 2.99. The van der Waals surface area contributed by atoms with Crippen LogP contribution in [0.5, 0.6) is 11.5 Å². The van der Waals surface area contributed by atoms with E-state index >= 15 is 0 Å². The van der Waals surface area contributed by atoms with Crippen LogP contribution < -0.4 is 9.47 Å². The first kappa shape index (κ1) is 14.5. The average Bonchev–Trinajstić information content (AvgIpc) is 2.52. The molecule has 0 atom stereocenters. The molecule has 0 N–H and O–H groups in total. The molecule has 0 heterocycles. The first-order valence-corrected chi connectivity index (χ1v) is 6.13. The zero-order chi connectivity index (χ0) is 15.2. The Morgan fingerprint density at radius 2 is 2.00 bits per heavy atom. The van der Waals surface area contributed by atoms with E-state index < -0.39 is 4.92 Å². The number of carbonyl (C=O) groups is 1. The van der Waals surface area contributed by atoms with Gasteiger partial charge in [-0.3, -0.25) is 14.9 Å². The Kier molecular flexibility index (Phi) is 4.50. The Hall–Kier alpha value is -2.89. The molecule has 0 saturated carbocycles. The van der Waals surface area contributed by atoms with Gasteiger partial charge in [-0.1, -0.05) is 12.1 Å². The lowest BCUT2D eigenvalue weighted by Crippen LogP contribution is -1.99. The summed E-state index contributed by atoms with van der Waals surface area (Å²) in [6.07, 6.45) is 0.708. The lowest BCUT2D eigenvalue weighted by Gasteiger charge is -2.11. The Morgan fingerprint density at radius 1 is 1.19 bits per heavy atom. The molecule has 6 nitrogen and oxygen atoms in total. The van der Waals surface area contributed by atoms with E-state index in [9.17, 15) is 14.9 Å². The number of nitro benzene ring substituents is 1. The fraction of sp³-hybridized carbons (Fsp3) is 0.133. The van der Waals surface area contributed by atoms with E-state index in [1.807, 2.05) is 0 Å². The Balaban J connectivity index is 2.17. The van der Waals surface area contributed by atoms with Crippen molar-refractivity contribution < 1.29 is 19.2 Å². The third-order valence-electron chi connectivity index (χ3n) is 2.84. The van der Waals surface area contributed by atoms with Crippen molar-refractivity contribution in [2.75, 3.05) is 7.11 Å². The number of rotatable bonds is 6. The van der Waals surface area contributed by atoms with Gasteiger partial charge >= 0.3 is 0 Å². The van der Waals surface area contributed by atoms with Gasteiger partial charge in [-0.05, 0) is 23.8 Å². The minimum absolute atomic E-state index is 0.00436. The lowest BCUT2D eigenvalue weighted by atomic mass is 10.2. The van der Waals surface area contributed by atoms with Gasteiger partial charge in [0.15, 0.2) is 11.5 Å². The molecule has 0 aliphatic heterocycles. The molecule has 0 unspecified atom stereocenters. The Morgan fingerprint density at radius 3 is 2.67 bits per heavy atom. The molecule has 0 aliphatic rings. The minimum atomic E-state index is -0.461. The van der Waals surface area contributed by atoms with E-state index in [1.165, 1.54) is 19.2 Å². The van der Waals surface area contributed by atoms with Crippen molar-refractivity contribution in [3.8, 4) is 11.5 Å². The summed E-state index contributed by atoms with van der Waals surface area (Å²) >= 11 is 0. The van der Waals surface area contributed by atoms with Gasteiger partial charge in [-0.25, -0.2) is 0 Å². The number of hydrogen-bond acceptors (Lipinski definition) is 5. The maximum absolute atomic E-state index is 10.8. The summed E-state index contributed by atoms with van der Waals surface area (Å²) in [7, 11) is 1.50. The molecule has 0 bridgehead atoms. The van der Waals surface area contributed by atoms with Crippen molar-refractivity contribution >= 4 is 12.0 Å². The second-order valence-corrected chi connectivity index (χ2v) is 4.24. The molecule has 2 rings (SSSR count). The Labute approximate surface area is 121 Å². The van der Waals surface area contributed by atoms with E-state index in [1.54, 1.807) is 30.3 Å². The van der Waals surface area contributed by atoms with Crippen molar-refractivity contribution in [2.24, 2.45) is 0 Å². The van der Waals surface area contributed by atoms with Crippen molar-refractivity contribution in [3.63, 3.8) is 0 Å². The molecule has 2 aromatic rings. The van der Waals surface area contributed by atoms with E-state index in [0.717, 1.165) is 0 Å². The molecule has 0 aromatic heterocycles. The second-order valence-electron chi connectivity index (χ2n) is 4.24. The molecule has 0 radical (unpaired) electrons. The summed E-state index contributed by atoms with van der Waals surface area (Å²) in [5.41, 5.74) is 1.12. The van der Waals surface area contributed by atoms with Crippen LogP contribution in [0.15, 0.2) is 42.5 Å². The number of carbonyl (C=O) groups excluding carboxylic acids is 1. The van der Waals surface area contributed by atoms with Gasteiger partial charge in [0.25, 0.3) is 5.69 Å². The fourth-order valence-electron chi connectivity index (χ4n) is 1.80. The molecule has 0 fully saturated rings. The van der Waals surface area contributed by atoms with Crippen LogP contribution in [-0.4, -0.2) is 18.3 Å². The number of hydrogen-bond donors (Lipinski definition) is 0. The van der Waals surface area contributed by atoms with Gasteiger partial charge in [0.05, 0.1) is 12.0 Å². The summed E-state index contributed by atoms with van der Waals surface area (Å²) in [6.45, 7) is 0.139. The first-order valence-electron chi connectivity index (χ1n) is 6.13. The van der Waals surface area contributed by atoms with E-state index in [4.69, 9.17) is 9.47 Å². The first-order chi connectivity index (χ1) is 10.1. The van der Waals surface area contributed by atoms with Gasteiger partial charge in [0, 0.05) is 17.7 Å². The quantitative estimate of drug-likeness (QED) is 0.463. The monoisotopic (exact) mass is 287 g/mol. The highest BCUT2D eigenvalue weighted by Crippen LogP contribution is 2.28. The number of aldehydes is 1. The smallest absolute Gasteiger partial charge is 0.269 e. The predicted molar refractivity (Wildman–Crippen MR) is 75.8 cm³/mol. The maximum atomic E-state index is 10.8. The van der Waals surface area contributed by atoms with Crippen LogP contribution in [0.25, 0.3) is 0 Å². The van der Waals surface area contributed by atoms with Gasteiger partial charge < -0.3 is 9.47 Å². The SMILES string of the molecule is COc1ccc(C=O)cc1OCc1cccc([N+](=O)[O-])c1. The molecule has 6 heteroatoms. The zero-order valence-electron chi connectivity index (χ0n) is 11.3. The maximum Gasteiger partial charge on any atom is 0.269 e. The summed E-state index contributed by atoms with van der Waals surface area (Å²) in [4.78, 5) is 21.0. The van der Waals surface area contributed by atoms with Gasteiger partial charge in [0.1, 0.15) is 12.9 Å². The second kappa shape index (κ2) is 6.51. The summed E-state index contributed by atoms with van der Waals surface area (Å²) < 4.78 is 10.7. The molecular weight excluding hydrogens is 274 g/mol. The molecule has 0 amide bonds. The van der Waals surface area contributed by atoms with Crippen LogP contribution in [0.1, 0.15) is 15.9 Å². The topological polar surface area (TPSA) is 78.7 Å². The molecular formula is C15H13NO5.